The summed E-state index contributed by atoms with van der Waals surface area (Å²) in [6, 6.07) is 4.05. The quantitative estimate of drug-likeness (QED) is 0.857. The molecule has 1 saturated heterocycles. The summed E-state index contributed by atoms with van der Waals surface area (Å²) in [6.07, 6.45) is 3.88. The molecule has 0 aromatic carbocycles. The standard InChI is InChI=1S/C17H28ClN3/c1-4-14-6-5-9-21(12-14)17-8-7-15(18)16(20-17)11-19-10-13(2)3/h7-8,13-14,19H,4-6,9-12H2,1-3H3. The molecule has 1 fully saturated rings. The van der Waals surface area contributed by atoms with Crippen LogP contribution in [0.1, 0.15) is 45.7 Å². The molecule has 4 heteroatoms. The minimum atomic E-state index is 0.638. The molecule has 0 spiro atoms. The lowest BCUT2D eigenvalue weighted by Crippen LogP contribution is -2.35. The third kappa shape index (κ3) is 4.86. The van der Waals surface area contributed by atoms with E-state index in [9.17, 15) is 0 Å². The SMILES string of the molecule is CCC1CCCN(c2ccc(Cl)c(CNCC(C)C)n2)C1. The van der Waals surface area contributed by atoms with Crippen molar-refractivity contribution >= 4 is 17.4 Å². The molecule has 0 amide bonds. The van der Waals surface area contributed by atoms with Crippen molar-refractivity contribution in [3.05, 3.63) is 22.8 Å². The summed E-state index contributed by atoms with van der Waals surface area (Å²) in [5, 5.41) is 4.19. The van der Waals surface area contributed by atoms with Crippen LogP contribution in [0.15, 0.2) is 12.1 Å². The zero-order valence-electron chi connectivity index (χ0n) is 13.5. The van der Waals surface area contributed by atoms with Gasteiger partial charge in [-0.1, -0.05) is 38.8 Å². The molecule has 1 atom stereocenters. The Balaban J connectivity index is 2.03. The fraction of sp³-hybridized carbons (Fsp3) is 0.706. The highest BCUT2D eigenvalue weighted by Gasteiger charge is 2.20. The fourth-order valence-electron chi connectivity index (χ4n) is 2.86. The molecule has 0 saturated carbocycles. The van der Waals surface area contributed by atoms with Crippen molar-refractivity contribution in [3.8, 4) is 0 Å². The van der Waals surface area contributed by atoms with Crippen LogP contribution in [-0.4, -0.2) is 24.6 Å². The van der Waals surface area contributed by atoms with E-state index in [0.29, 0.717) is 5.92 Å². The topological polar surface area (TPSA) is 28.2 Å². The van der Waals surface area contributed by atoms with E-state index < -0.39 is 0 Å². The van der Waals surface area contributed by atoms with Crippen LogP contribution >= 0.6 is 11.6 Å². The van der Waals surface area contributed by atoms with Gasteiger partial charge in [0.2, 0.25) is 0 Å². The summed E-state index contributed by atoms with van der Waals surface area (Å²) in [5.41, 5.74) is 0.966. The molecule has 2 rings (SSSR count). The summed E-state index contributed by atoms with van der Waals surface area (Å²) in [7, 11) is 0. The van der Waals surface area contributed by atoms with Crippen molar-refractivity contribution < 1.29 is 0 Å². The van der Waals surface area contributed by atoms with Crippen LogP contribution in [0.4, 0.5) is 5.82 Å². The molecule has 0 aliphatic carbocycles. The predicted molar refractivity (Wildman–Crippen MR) is 91.0 cm³/mol. The van der Waals surface area contributed by atoms with Crippen molar-refractivity contribution in [1.29, 1.82) is 0 Å². The van der Waals surface area contributed by atoms with Crippen LogP contribution in [0.5, 0.6) is 0 Å². The zero-order valence-corrected chi connectivity index (χ0v) is 14.3. The molecule has 1 aromatic heterocycles. The van der Waals surface area contributed by atoms with Gasteiger partial charge in [0.25, 0.3) is 0 Å². The Morgan fingerprint density at radius 2 is 2.24 bits per heavy atom. The number of piperidine rings is 1. The minimum Gasteiger partial charge on any atom is -0.356 e. The largest absolute Gasteiger partial charge is 0.356 e. The molecule has 0 radical (unpaired) electrons. The Morgan fingerprint density at radius 3 is 2.95 bits per heavy atom. The van der Waals surface area contributed by atoms with Crippen LogP contribution < -0.4 is 10.2 Å². The van der Waals surface area contributed by atoms with Crippen molar-refractivity contribution in [2.75, 3.05) is 24.5 Å². The van der Waals surface area contributed by atoms with Gasteiger partial charge in [0.1, 0.15) is 5.82 Å². The van der Waals surface area contributed by atoms with Crippen LogP contribution in [0.2, 0.25) is 5.02 Å². The number of anilines is 1. The van der Waals surface area contributed by atoms with Gasteiger partial charge in [0, 0.05) is 19.6 Å². The molecule has 1 unspecified atom stereocenters. The smallest absolute Gasteiger partial charge is 0.128 e. The average Bonchev–Trinajstić information content (AvgIpc) is 2.49. The summed E-state index contributed by atoms with van der Waals surface area (Å²) >= 11 is 6.29. The molecule has 1 aliphatic rings. The zero-order chi connectivity index (χ0) is 15.2. The average molecular weight is 310 g/mol. The first-order chi connectivity index (χ1) is 10.1. The molecule has 2 heterocycles. The Labute approximate surface area is 134 Å². The highest BCUT2D eigenvalue weighted by atomic mass is 35.5. The van der Waals surface area contributed by atoms with Crippen molar-refractivity contribution in [2.24, 2.45) is 11.8 Å². The maximum atomic E-state index is 6.29. The predicted octanol–water partition coefficient (Wildman–Crippen LogP) is 4.11. The lowest BCUT2D eigenvalue weighted by atomic mass is 9.96. The maximum absolute atomic E-state index is 6.29. The van der Waals surface area contributed by atoms with Gasteiger partial charge in [-0.2, -0.15) is 0 Å². The minimum absolute atomic E-state index is 0.638. The van der Waals surface area contributed by atoms with E-state index in [4.69, 9.17) is 16.6 Å². The highest BCUT2D eigenvalue weighted by Crippen LogP contribution is 2.25. The van der Waals surface area contributed by atoms with E-state index in [0.717, 1.165) is 48.6 Å². The lowest BCUT2D eigenvalue weighted by Gasteiger charge is -2.33. The molecular weight excluding hydrogens is 282 g/mol. The second-order valence-corrected chi connectivity index (χ2v) is 6.89. The van der Waals surface area contributed by atoms with Gasteiger partial charge in [-0.15, -0.1) is 0 Å². The lowest BCUT2D eigenvalue weighted by molar-refractivity contribution is 0.403. The van der Waals surface area contributed by atoms with E-state index in [1.165, 1.54) is 19.3 Å². The number of nitrogens with zero attached hydrogens (tertiary/aromatic N) is 2. The van der Waals surface area contributed by atoms with E-state index in [-0.39, 0.29) is 0 Å². The van der Waals surface area contributed by atoms with Gasteiger partial charge in [-0.25, -0.2) is 4.98 Å². The third-order valence-corrected chi connectivity index (χ3v) is 4.51. The molecule has 0 bridgehead atoms. The van der Waals surface area contributed by atoms with E-state index >= 15 is 0 Å². The molecule has 118 valence electrons. The summed E-state index contributed by atoms with van der Waals surface area (Å²) in [5.74, 6) is 2.53. The number of hydrogen-bond donors (Lipinski definition) is 1. The van der Waals surface area contributed by atoms with Gasteiger partial charge in [-0.3, -0.25) is 0 Å². The summed E-state index contributed by atoms with van der Waals surface area (Å²) in [4.78, 5) is 7.21. The highest BCUT2D eigenvalue weighted by molar-refractivity contribution is 6.31. The molecule has 3 nitrogen and oxygen atoms in total. The van der Waals surface area contributed by atoms with Crippen LogP contribution in [-0.2, 0) is 6.54 Å². The van der Waals surface area contributed by atoms with Gasteiger partial charge in [-0.05, 0) is 43.4 Å². The summed E-state index contributed by atoms with van der Waals surface area (Å²) in [6.45, 7) is 10.7. The van der Waals surface area contributed by atoms with Gasteiger partial charge in [0.05, 0.1) is 10.7 Å². The Bertz CT molecular complexity index is 448. The maximum Gasteiger partial charge on any atom is 0.128 e. The first kappa shape index (κ1) is 16.6. The number of rotatable bonds is 6. The number of hydrogen-bond acceptors (Lipinski definition) is 3. The van der Waals surface area contributed by atoms with E-state index in [1.807, 2.05) is 6.07 Å². The normalized spacial score (nSPS) is 19.3. The van der Waals surface area contributed by atoms with Crippen LogP contribution in [0.3, 0.4) is 0 Å². The molecular formula is C17H28ClN3. The number of halogens is 1. The molecule has 1 aliphatic heterocycles. The second-order valence-electron chi connectivity index (χ2n) is 6.49. The van der Waals surface area contributed by atoms with E-state index in [2.05, 4.69) is 37.1 Å². The third-order valence-electron chi connectivity index (χ3n) is 4.17. The molecule has 1 N–H and O–H groups in total. The van der Waals surface area contributed by atoms with Gasteiger partial charge < -0.3 is 10.2 Å². The van der Waals surface area contributed by atoms with Gasteiger partial charge >= 0.3 is 0 Å². The van der Waals surface area contributed by atoms with Gasteiger partial charge in [0.15, 0.2) is 0 Å². The van der Waals surface area contributed by atoms with Crippen LogP contribution in [0.25, 0.3) is 0 Å². The number of aromatic nitrogens is 1. The first-order valence-electron chi connectivity index (χ1n) is 8.21. The second kappa shape index (κ2) is 8.00. The van der Waals surface area contributed by atoms with Crippen molar-refractivity contribution in [1.82, 2.24) is 10.3 Å². The summed E-state index contributed by atoms with van der Waals surface area (Å²) < 4.78 is 0. The number of nitrogens with one attached hydrogen (secondary N) is 1. The monoisotopic (exact) mass is 309 g/mol. The molecule has 1 aromatic rings. The van der Waals surface area contributed by atoms with E-state index in [1.54, 1.807) is 0 Å². The first-order valence-corrected chi connectivity index (χ1v) is 8.59. The Hall–Kier alpha value is -0.800. The Kier molecular flexibility index (Phi) is 6.31. The molecule has 21 heavy (non-hydrogen) atoms. The Morgan fingerprint density at radius 1 is 1.43 bits per heavy atom. The number of pyridine rings is 1. The van der Waals surface area contributed by atoms with Crippen molar-refractivity contribution in [3.63, 3.8) is 0 Å². The fourth-order valence-corrected chi connectivity index (χ4v) is 3.03. The van der Waals surface area contributed by atoms with Crippen LogP contribution in [0, 0.1) is 11.8 Å². The van der Waals surface area contributed by atoms with Crippen molar-refractivity contribution in [2.45, 2.75) is 46.6 Å².